The van der Waals surface area contributed by atoms with Crippen LogP contribution in [0.1, 0.15) is 17.5 Å². The normalized spacial score (nSPS) is 15.2. The third-order valence-electron chi connectivity index (χ3n) is 3.81. The molecular formula is C19H16Cl2N2O2. The zero-order valence-electron chi connectivity index (χ0n) is 13.6. The second kappa shape index (κ2) is 7.72. The van der Waals surface area contributed by atoms with Crippen LogP contribution in [0.4, 0.5) is 0 Å². The molecule has 0 radical (unpaired) electrons. The first kappa shape index (κ1) is 17.5. The van der Waals surface area contributed by atoms with Crippen molar-refractivity contribution in [3.8, 4) is 5.75 Å². The van der Waals surface area contributed by atoms with Crippen LogP contribution >= 0.6 is 23.2 Å². The number of methoxy groups -OCH3 is 1. The Morgan fingerprint density at radius 1 is 1.12 bits per heavy atom. The van der Waals surface area contributed by atoms with Crippen molar-refractivity contribution >= 4 is 41.0 Å². The molecule has 0 saturated heterocycles. The van der Waals surface area contributed by atoms with Crippen LogP contribution in [0.15, 0.2) is 53.2 Å². The summed E-state index contributed by atoms with van der Waals surface area (Å²) in [6.07, 6.45) is 3.08. The Morgan fingerprint density at radius 3 is 2.56 bits per heavy atom. The fourth-order valence-corrected chi connectivity index (χ4v) is 2.92. The summed E-state index contributed by atoms with van der Waals surface area (Å²) in [6, 6.07) is 12.9. The maximum atomic E-state index is 12.1. The highest BCUT2D eigenvalue weighted by Gasteiger charge is 2.20. The minimum Gasteiger partial charge on any atom is -0.497 e. The van der Waals surface area contributed by atoms with Crippen molar-refractivity contribution in [3.63, 3.8) is 0 Å². The summed E-state index contributed by atoms with van der Waals surface area (Å²) in [5.74, 6) is 1.24. The number of carbonyl (C=O) groups is 1. The number of hydrogen-bond acceptors (Lipinski definition) is 3. The third-order valence-corrected chi connectivity index (χ3v) is 4.37. The molecule has 6 heteroatoms. The van der Waals surface area contributed by atoms with Crippen molar-refractivity contribution in [2.75, 3.05) is 7.11 Å². The molecule has 0 fully saturated rings. The molecule has 0 aromatic heterocycles. The van der Waals surface area contributed by atoms with E-state index in [0.29, 0.717) is 33.6 Å². The van der Waals surface area contributed by atoms with Crippen molar-refractivity contribution in [1.82, 2.24) is 5.32 Å². The molecule has 3 rings (SSSR count). The molecule has 4 nitrogen and oxygen atoms in total. The molecule has 1 aliphatic rings. The highest BCUT2D eigenvalue weighted by molar-refractivity contribution is 6.35. The van der Waals surface area contributed by atoms with E-state index in [1.807, 2.05) is 24.3 Å². The second-order valence-corrected chi connectivity index (χ2v) is 6.40. The van der Waals surface area contributed by atoms with Gasteiger partial charge in [0.15, 0.2) is 0 Å². The Balaban J connectivity index is 1.70. The van der Waals surface area contributed by atoms with Crippen LogP contribution in [0.5, 0.6) is 5.75 Å². The molecule has 0 spiro atoms. The lowest BCUT2D eigenvalue weighted by molar-refractivity contribution is -0.115. The predicted molar refractivity (Wildman–Crippen MR) is 101 cm³/mol. The zero-order valence-corrected chi connectivity index (χ0v) is 15.1. The smallest absolute Gasteiger partial charge is 0.275 e. The van der Waals surface area contributed by atoms with Gasteiger partial charge in [-0.25, -0.2) is 4.99 Å². The molecule has 2 aromatic rings. The summed E-state index contributed by atoms with van der Waals surface area (Å²) >= 11 is 12.0. The molecule has 0 unspecified atom stereocenters. The number of carbonyl (C=O) groups excluding carboxylic acids is 1. The predicted octanol–water partition coefficient (Wildman–Crippen LogP) is 4.50. The number of nitrogens with one attached hydrogen (secondary N) is 1. The molecular weight excluding hydrogens is 359 g/mol. The Bertz CT molecular complexity index is 858. The van der Waals surface area contributed by atoms with Crippen molar-refractivity contribution in [2.24, 2.45) is 4.99 Å². The fourth-order valence-electron chi connectivity index (χ4n) is 2.46. The quantitative estimate of drug-likeness (QED) is 0.783. The van der Waals surface area contributed by atoms with Gasteiger partial charge in [-0.3, -0.25) is 4.79 Å². The number of amides is 1. The molecule has 1 aliphatic heterocycles. The van der Waals surface area contributed by atoms with Crippen LogP contribution in [0, 0.1) is 0 Å². The average Bonchev–Trinajstić information content (AvgIpc) is 2.96. The van der Waals surface area contributed by atoms with Crippen LogP contribution in [-0.4, -0.2) is 18.9 Å². The molecule has 1 amide bonds. The van der Waals surface area contributed by atoms with Gasteiger partial charge >= 0.3 is 0 Å². The number of nitrogens with zero attached hydrogens (tertiary/aromatic N) is 1. The van der Waals surface area contributed by atoms with Gasteiger partial charge in [0, 0.05) is 16.5 Å². The van der Waals surface area contributed by atoms with Crippen molar-refractivity contribution in [2.45, 2.75) is 12.8 Å². The monoisotopic (exact) mass is 374 g/mol. The Labute approximate surface area is 156 Å². The molecule has 0 atom stereocenters. The molecule has 0 aliphatic carbocycles. The number of rotatable bonds is 5. The summed E-state index contributed by atoms with van der Waals surface area (Å²) in [7, 11) is 1.64. The van der Waals surface area contributed by atoms with E-state index in [9.17, 15) is 4.79 Å². The van der Waals surface area contributed by atoms with E-state index in [1.54, 1.807) is 31.4 Å². The van der Waals surface area contributed by atoms with E-state index in [1.165, 1.54) is 0 Å². The first-order valence-corrected chi connectivity index (χ1v) is 8.49. The van der Waals surface area contributed by atoms with E-state index < -0.39 is 0 Å². The number of amidine groups is 1. The van der Waals surface area contributed by atoms with E-state index in [2.05, 4.69) is 10.3 Å². The molecule has 0 saturated carbocycles. The van der Waals surface area contributed by atoms with Gasteiger partial charge in [-0.15, -0.1) is 0 Å². The Morgan fingerprint density at radius 2 is 1.88 bits per heavy atom. The number of halogens is 2. The highest BCUT2D eigenvalue weighted by atomic mass is 35.5. The van der Waals surface area contributed by atoms with Gasteiger partial charge in [-0.05, 0) is 47.9 Å². The van der Waals surface area contributed by atoms with Crippen LogP contribution < -0.4 is 10.1 Å². The third kappa shape index (κ3) is 4.41. The molecule has 1 N–H and O–H groups in total. The first-order valence-electron chi connectivity index (χ1n) is 7.74. The Kier molecular flexibility index (Phi) is 5.41. The first-order chi connectivity index (χ1) is 12.0. The lowest BCUT2D eigenvalue weighted by Gasteiger charge is -2.03. The zero-order chi connectivity index (χ0) is 17.8. The van der Waals surface area contributed by atoms with Crippen molar-refractivity contribution in [1.29, 1.82) is 0 Å². The van der Waals surface area contributed by atoms with E-state index in [4.69, 9.17) is 27.9 Å². The maximum Gasteiger partial charge on any atom is 0.275 e. The van der Waals surface area contributed by atoms with Crippen LogP contribution in [0.25, 0.3) is 6.08 Å². The van der Waals surface area contributed by atoms with Crippen LogP contribution in [0.2, 0.25) is 10.0 Å². The van der Waals surface area contributed by atoms with Crippen molar-refractivity contribution in [3.05, 3.63) is 69.3 Å². The lowest BCUT2D eigenvalue weighted by atomic mass is 10.1. The van der Waals surface area contributed by atoms with Crippen LogP contribution in [-0.2, 0) is 11.2 Å². The maximum absolute atomic E-state index is 12.1. The highest BCUT2D eigenvalue weighted by Crippen LogP contribution is 2.24. The van der Waals surface area contributed by atoms with Gasteiger partial charge in [0.05, 0.1) is 7.11 Å². The fraction of sp³-hybridized carbons (Fsp3) is 0.158. The molecule has 0 bridgehead atoms. The average molecular weight is 375 g/mol. The minimum atomic E-state index is -0.226. The minimum absolute atomic E-state index is 0.226. The topological polar surface area (TPSA) is 50.7 Å². The standard InChI is InChI=1S/C19H16Cl2N2O2/c1-25-15-7-2-12(3-8-15)4-9-18-22-17(19(24)23-18)10-13-5-6-14(20)11-16(13)21/h2-3,5-8,10-11H,4,9H2,1H3,(H,22,23,24)/b17-10-. The van der Waals surface area contributed by atoms with Crippen LogP contribution in [0.3, 0.4) is 0 Å². The summed E-state index contributed by atoms with van der Waals surface area (Å²) in [4.78, 5) is 16.5. The molecule has 2 aromatic carbocycles. The second-order valence-electron chi connectivity index (χ2n) is 5.56. The van der Waals surface area contributed by atoms with E-state index in [-0.39, 0.29) is 5.91 Å². The van der Waals surface area contributed by atoms with E-state index >= 15 is 0 Å². The number of ether oxygens (including phenoxy) is 1. The number of aryl methyl sites for hydroxylation is 1. The molecule has 25 heavy (non-hydrogen) atoms. The summed E-state index contributed by atoms with van der Waals surface area (Å²) in [5, 5.41) is 3.83. The Hall–Kier alpha value is -2.30. The summed E-state index contributed by atoms with van der Waals surface area (Å²) in [5.41, 5.74) is 2.20. The summed E-state index contributed by atoms with van der Waals surface area (Å²) < 4.78 is 5.14. The molecule has 128 valence electrons. The molecule has 1 heterocycles. The van der Waals surface area contributed by atoms with Gasteiger partial charge in [-0.1, -0.05) is 41.4 Å². The van der Waals surface area contributed by atoms with Gasteiger partial charge in [0.25, 0.3) is 5.91 Å². The number of aliphatic imine (C=N–C) groups is 1. The van der Waals surface area contributed by atoms with Gasteiger partial charge in [0.2, 0.25) is 0 Å². The van der Waals surface area contributed by atoms with Gasteiger partial charge in [-0.2, -0.15) is 0 Å². The SMILES string of the molecule is COc1ccc(CCC2=N/C(=C\c3ccc(Cl)cc3Cl)C(=O)N2)cc1. The lowest BCUT2D eigenvalue weighted by Crippen LogP contribution is -2.24. The number of benzene rings is 2. The van der Waals surface area contributed by atoms with E-state index in [0.717, 1.165) is 17.7 Å². The largest absolute Gasteiger partial charge is 0.497 e. The summed E-state index contributed by atoms with van der Waals surface area (Å²) in [6.45, 7) is 0. The van der Waals surface area contributed by atoms with Gasteiger partial charge in [0.1, 0.15) is 17.3 Å². The number of hydrogen-bond donors (Lipinski definition) is 1. The van der Waals surface area contributed by atoms with Gasteiger partial charge < -0.3 is 10.1 Å². The van der Waals surface area contributed by atoms with Crippen molar-refractivity contribution < 1.29 is 9.53 Å².